The summed E-state index contributed by atoms with van der Waals surface area (Å²) in [5.41, 5.74) is 6.48. The average molecular weight is 460 g/mol. The van der Waals surface area contributed by atoms with Gasteiger partial charge in [0.25, 0.3) is 0 Å². The summed E-state index contributed by atoms with van der Waals surface area (Å²) < 4.78 is 3.75. The van der Waals surface area contributed by atoms with Gasteiger partial charge >= 0.3 is 0 Å². The zero-order chi connectivity index (χ0) is 21.7. The van der Waals surface area contributed by atoms with E-state index in [0.717, 1.165) is 44.4 Å². The van der Waals surface area contributed by atoms with Gasteiger partial charge in [-0.15, -0.1) is 5.10 Å². The molecule has 0 unspecified atom stereocenters. The van der Waals surface area contributed by atoms with Gasteiger partial charge in [0.15, 0.2) is 0 Å². The van der Waals surface area contributed by atoms with E-state index in [1.165, 1.54) is 0 Å². The van der Waals surface area contributed by atoms with E-state index < -0.39 is 0 Å². The first-order chi connectivity index (χ1) is 15.7. The molecule has 6 rings (SSSR count). The van der Waals surface area contributed by atoms with Crippen molar-refractivity contribution in [3.63, 3.8) is 0 Å². The highest BCUT2D eigenvalue weighted by molar-refractivity contribution is 6.35. The van der Waals surface area contributed by atoms with E-state index in [1.54, 1.807) is 18.5 Å². The number of hydrogen-bond acceptors (Lipinski definition) is 4. The molecule has 0 aliphatic heterocycles. The number of nitrogens with zero attached hydrogens (tertiary/aromatic N) is 6. The second-order valence-corrected chi connectivity index (χ2v) is 8.30. The van der Waals surface area contributed by atoms with Crippen LogP contribution in [0.3, 0.4) is 0 Å². The number of fused-ring (bicyclic) bond motifs is 2. The Kier molecular flexibility index (Phi) is 4.45. The van der Waals surface area contributed by atoms with Crippen molar-refractivity contribution < 1.29 is 0 Å². The van der Waals surface area contributed by atoms with E-state index in [1.807, 2.05) is 57.9 Å². The van der Waals surface area contributed by atoms with Crippen molar-refractivity contribution in [2.45, 2.75) is 6.54 Å². The molecular weight excluding hydrogens is 445 g/mol. The van der Waals surface area contributed by atoms with Crippen molar-refractivity contribution in [2.75, 3.05) is 0 Å². The molecule has 9 heteroatoms. The number of benzene rings is 3. The monoisotopic (exact) mass is 459 g/mol. The molecular formula is C23H15Cl2N7. The van der Waals surface area contributed by atoms with Crippen molar-refractivity contribution in [2.24, 2.45) is 0 Å². The zero-order valence-electron chi connectivity index (χ0n) is 16.6. The first kappa shape index (κ1) is 19.0. The van der Waals surface area contributed by atoms with Crippen LogP contribution >= 0.6 is 23.2 Å². The topological polar surface area (TPSA) is 77.2 Å². The van der Waals surface area contributed by atoms with Gasteiger partial charge in [-0.1, -0.05) is 40.5 Å². The van der Waals surface area contributed by atoms with Gasteiger partial charge in [-0.3, -0.25) is 9.78 Å². The number of halogens is 2. The Hall–Kier alpha value is -3.68. The third kappa shape index (κ3) is 3.23. The second kappa shape index (κ2) is 7.47. The smallest absolute Gasteiger partial charge is 0.113 e. The fraction of sp³-hybridized carbons (Fsp3) is 0.0435. The Bertz CT molecular complexity index is 1590. The number of hydrogen-bond donors (Lipinski definition) is 1. The molecule has 0 spiro atoms. The molecule has 0 atom stereocenters. The average Bonchev–Trinajstić information content (AvgIpc) is 3.54. The summed E-state index contributed by atoms with van der Waals surface area (Å²) in [7, 11) is 0. The summed E-state index contributed by atoms with van der Waals surface area (Å²) in [5, 5.41) is 22.6. The number of nitrogens with one attached hydrogen (secondary N) is 1. The van der Waals surface area contributed by atoms with E-state index in [-0.39, 0.29) is 0 Å². The lowest BCUT2D eigenvalue weighted by atomic mass is 10.1. The molecule has 7 nitrogen and oxygen atoms in total. The standard InChI is InChI=1S/C23H15Cl2N7/c24-17-4-1-16(19(25)10-17)13-31-22(7-8-27-31)14-3-6-20-23(9-14)32(30-29-20)18-5-2-15-12-26-28-21(15)11-18/h1-12H,13H2,(H,26,28). The maximum atomic E-state index is 6.38. The van der Waals surface area contributed by atoms with Gasteiger partial charge in [-0.25, -0.2) is 4.68 Å². The summed E-state index contributed by atoms with van der Waals surface area (Å²) in [4.78, 5) is 0. The van der Waals surface area contributed by atoms with Crippen LogP contribution in [-0.4, -0.2) is 35.0 Å². The first-order valence-electron chi connectivity index (χ1n) is 9.91. The van der Waals surface area contributed by atoms with E-state index >= 15 is 0 Å². The number of aromatic amines is 1. The molecule has 1 N–H and O–H groups in total. The Balaban J connectivity index is 1.42. The van der Waals surface area contributed by atoms with Crippen LogP contribution in [-0.2, 0) is 6.54 Å². The third-order valence-corrected chi connectivity index (χ3v) is 6.05. The molecule has 0 saturated heterocycles. The molecule has 0 amide bonds. The normalized spacial score (nSPS) is 11.6. The van der Waals surface area contributed by atoms with Crippen LogP contribution in [0, 0.1) is 0 Å². The molecule has 6 aromatic rings. The summed E-state index contributed by atoms with van der Waals surface area (Å²) in [6.45, 7) is 0.532. The summed E-state index contributed by atoms with van der Waals surface area (Å²) in [6.07, 6.45) is 3.58. The molecule has 156 valence electrons. The highest BCUT2D eigenvalue weighted by Crippen LogP contribution is 2.28. The fourth-order valence-electron chi connectivity index (χ4n) is 3.84. The van der Waals surface area contributed by atoms with Gasteiger partial charge in [0.1, 0.15) is 5.52 Å². The summed E-state index contributed by atoms with van der Waals surface area (Å²) in [5.74, 6) is 0. The highest BCUT2D eigenvalue weighted by atomic mass is 35.5. The minimum Gasteiger partial charge on any atom is -0.278 e. The highest BCUT2D eigenvalue weighted by Gasteiger charge is 2.13. The molecule has 0 aliphatic carbocycles. The molecule has 0 radical (unpaired) electrons. The lowest BCUT2D eigenvalue weighted by Crippen LogP contribution is -2.04. The van der Waals surface area contributed by atoms with Gasteiger partial charge in [0.2, 0.25) is 0 Å². The molecule has 3 aromatic heterocycles. The second-order valence-electron chi connectivity index (χ2n) is 7.46. The zero-order valence-corrected chi connectivity index (χ0v) is 18.1. The summed E-state index contributed by atoms with van der Waals surface area (Å²) in [6, 6.07) is 19.6. The van der Waals surface area contributed by atoms with E-state index in [9.17, 15) is 0 Å². The molecule has 0 saturated carbocycles. The lowest BCUT2D eigenvalue weighted by molar-refractivity contribution is 0.694. The number of H-pyrrole nitrogens is 1. The molecule has 32 heavy (non-hydrogen) atoms. The van der Waals surface area contributed by atoms with Crippen LogP contribution in [0.4, 0.5) is 0 Å². The molecule has 0 bridgehead atoms. The van der Waals surface area contributed by atoms with Crippen molar-refractivity contribution in [3.8, 4) is 16.9 Å². The third-order valence-electron chi connectivity index (χ3n) is 5.46. The Labute approximate surface area is 192 Å². The van der Waals surface area contributed by atoms with Crippen LogP contribution in [0.1, 0.15) is 5.56 Å². The largest absolute Gasteiger partial charge is 0.278 e. The van der Waals surface area contributed by atoms with Crippen molar-refractivity contribution in [1.82, 2.24) is 35.0 Å². The molecule has 3 heterocycles. The van der Waals surface area contributed by atoms with Crippen molar-refractivity contribution >= 4 is 45.1 Å². The van der Waals surface area contributed by atoms with E-state index in [0.29, 0.717) is 16.6 Å². The molecule has 0 aliphatic rings. The van der Waals surface area contributed by atoms with Crippen LogP contribution in [0.15, 0.2) is 73.1 Å². The minimum atomic E-state index is 0.532. The number of aromatic nitrogens is 7. The van der Waals surface area contributed by atoms with Crippen molar-refractivity contribution in [1.29, 1.82) is 0 Å². The van der Waals surface area contributed by atoms with Gasteiger partial charge in [0, 0.05) is 27.2 Å². The first-order valence-corrected chi connectivity index (χ1v) is 10.7. The lowest BCUT2D eigenvalue weighted by Gasteiger charge is -2.10. The Morgan fingerprint density at radius 3 is 2.78 bits per heavy atom. The number of rotatable bonds is 4. The predicted molar refractivity (Wildman–Crippen MR) is 125 cm³/mol. The van der Waals surface area contributed by atoms with Crippen LogP contribution in [0.5, 0.6) is 0 Å². The molecule has 3 aromatic carbocycles. The minimum absolute atomic E-state index is 0.532. The predicted octanol–water partition coefficient (Wildman–Crippen LogP) is 5.52. The van der Waals surface area contributed by atoms with Gasteiger partial charge < -0.3 is 0 Å². The van der Waals surface area contributed by atoms with E-state index in [4.69, 9.17) is 23.2 Å². The van der Waals surface area contributed by atoms with Crippen molar-refractivity contribution in [3.05, 3.63) is 88.7 Å². The van der Waals surface area contributed by atoms with Crippen LogP contribution in [0.25, 0.3) is 38.9 Å². The Morgan fingerprint density at radius 2 is 1.88 bits per heavy atom. The summed E-state index contributed by atoms with van der Waals surface area (Å²) >= 11 is 12.4. The SMILES string of the molecule is Clc1ccc(Cn2nccc2-c2ccc3nnn(-c4ccc5cn[nH]c5c4)c3c2)c(Cl)c1. The Morgan fingerprint density at radius 1 is 0.938 bits per heavy atom. The maximum Gasteiger partial charge on any atom is 0.113 e. The maximum absolute atomic E-state index is 6.38. The molecule has 0 fully saturated rings. The van der Waals surface area contributed by atoms with Crippen LogP contribution in [0.2, 0.25) is 10.0 Å². The van der Waals surface area contributed by atoms with Gasteiger partial charge in [-0.05, 0) is 54.1 Å². The quantitative estimate of drug-likeness (QED) is 0.376. The fourth-order valence-corrected chi connectivity index (χ4v) is 4.31. The van der Waals surface area contributed by atoms with Gasteiger partial charge in [-0.2, -0.15) is 10.2 Å². The van der Waals surface area contributed by atoms with Crippen LogP contribution < -0.4 is 0 Å². The van der Waals surface area contributed by atoms with E-state index in [2.05, 4.69) is 31.7 Å². The van der Waals surface area contributed by atoms with Gasteiger partial charge in [0.05, 0.1) is 35.2 Å².